The van der Waals surface area contributed by atoms with E-state index in [-0.39, 0.29) is 17.5 Å². The lowest BCUT2D eigenvalue weighted by Gasteiger charge is -2.24. The van der Waals surface area contributed by atoms with E-state index in [1.165, 1.54) is 12.5 Å². The molecule has 1 aromatic carbocycles. The molecule has 0 amide bonds. The fraction of sp³-hybridized carbons (Fsp3) is 0.476. The van der Waals surface area contributed by atoms with E-state index < -0.39 is 23.9 Å². The van der Waals surface area contributed by atoms with Crippen molar-refractivity contribution in [3.8, 4) is 0 Å². The maximum Gasteiger partial charge on any atom is 0.346 e. The maximum absolute atomic E-state index is 14.8. The van der Waals surface area contributed by atoms with Crippen molar-refractivity contribution < 1.29 is 18.9 Å². The van der Waals surface area contributed by atoms with Gasteiger partial charge in [0, 0.05) is 12.1 Å². The number of carboxylic acid groups (broad SMARTS) is 1. The molecule has 148 valence electrons. The van der Waals surface area contributed by atoms with Crippen LogP contribution in [0, 0.1) is 5.82 Å². The van der Waals surface area contributed by atoms with Crippen molar-refractivity contribution in [3.63, 3.8) is 0 Å². The number of anilines is 1. The molecule has 1 fully saturated rings. The molecule has 0 bridgehead atoms. The van der Waals surface area contributed by atoms with Crippen LogP contribution < -0.4 is 15.4 Å². The first-order valence-electron chi connectivity index (χ1n) is 9.96. The summed E-state index contributed by atoms with van der Waals surface area (Å²) in [6.45, 7) is -0.450. The van der Waals surface area contributed by atoms with Gasteiger partial charge in [-0.15, -0.1) is 0 Å². The number of allylic oxidation sites excluding steroid dienone is 2. The molecule has 1 saturated carbocycles. The fourth-order valence-electron chi connectivity index (χ4n) is 4.31. The summed E-state index contributed by atoms with van der Waals surface area (Å²) in [6.07, 6.45) is 13.0. The number of nitrogens with zero attached hydrogens (tertiary/aromatic N) is 2. The average molecular weight is 386 g/mol. The summed E-state index contributed by atoms with van der Waals surface area (Å²) >= 11 is 0. The molecule has 0 radical (unpaired) electrons. The molecule has 2 aromatic rings. The van der Waals surface area contributed by atoms with E-state index in [2.05, 4.69) is 11.4 Å². The molecule has 1 aromatic heterocycles. The average Bonchev–Trinajstić information content (AvgIpc) is 3.20. The highest BCUT2D eigenvalue weighted by molar-refractivity contribution is 5.79. The Balaban J connectivity index is 1.83. The largest absolute Gasteiger partial charge is 0.478 e. The molecule has 6 nitrogen and oxygen atoms in total. The predicted octanol–water partition coefficient (Wildman–Crippen LogP) is 3.15. The van der Waals surface area contributed by atoms with Crippen LogP contribution in [-0.4, -0.2) is 21.7 Å². The fourth-order valence-corrected chi connectivity index (χ4v) is 4.31. The number of nitrogens with one attached hydrogen (secondary N) is 1. The van der Waals surface area contributed by atoms with Crippen molar-refractivity contribution in [2.75, 3.05) is 5.32 Å². The Labute approximate surface area is 162 Å². The van der Waals surface area contributed by atoms with Gasteiger partial charge in [0.15, 0.2) is 6.54 Å². The zero-order chi connectivity index (χ0) is 19.7. The molecule has 0 saturated heterocycles. The second kappa shape index (κ2) is 7.73. The molecule has 0 spiro atoms. The van der Waals surface area contributed by atoms with Gasteiger partial charge in [0.2, 0.25) is 6.33 Å². The highest BCUT2D eigenvalue weighted by Gasteiger charge is 2.25. The number of hydrogen-bond donors (Lipinski definition) is 2. The summed E-state index contributed by atoms with van der Waals surface area (Å²) in [4.78, 5) is 23.9. The Hall–Kier alpha value is -2.70. The first-order valence-corrected chi connectivity index (χ1v) is 9.96. The van der Waals surface area contributed by atoms with Crippen LogP contribution in [0.5, 0.6) is 0 Å². The van der Waals surface area contributed by atoms with Crippen LogP contribution >= 0.6 is 0 Å². The third-order valence-electron chi connectivity index (χ3n) is 5.73. The Morgan fingerprint density at radius 2 is 2.04 bits per heavy atom. The minimum absolute atomic E-state index is 0.0242. The summed E-state index contributed by atoms with van der Waals surface area (Å²) in [5.74, 6) is -1.58. The minimum atomic E-state index is -1.11. The van der Waals surface area contributed by atoms with Crippen molar-refractivity contribution in [2.24, 2.45) is 0 Å². The van der Waals surface area contributed by atoms with E-state index in [0.717, 1.165) is 43.1 Å². The number of carbonyl (C=O) groups is 1. The van der Waals surface area contributed by atoms with Gasteiger partial charge in [0.25, 0.3) is 0 Å². The van der Waals surface area contributed by atoms with Crippen LogP contribution in [0.2, 0.25) is 0 Å². The monoisotopic (exact) mass is 386 g/mol. The van der Waals surface area contributed by atoms with Gasteiger partial charge in [0.1, 0.15) is 22.8 Å². The Morgan fingerprint density at radius 1 is 1.25 bits per heavy atom. The van der Waals surface area contributed by atoms with E-state index in [4.69, 9.17) is 5.11 Å². The summed E-state index contributed by atoms with van der Waals surface area (Å²) in [6, 6.07) is 3.22. The van der Waals surface area contributed by atoms with Crippen LogP contribution in [0.25, 0.3) is 10.9 Å². The molecule has 2 aliphatic carbocycles. The minimum Gasteiger partial charge on any atom is -0.478 e. The number of benzene rings is 1. The molecule has 7 heteroatoms. The normalized spacial score (nSPS) is 20.0. The van der Waals surface area contributed by atoms with Gasteiger partial charge in [-0.1, -0.05) is 25.3 Å². The number of aliphatic carboxylic acids is 1. The lowest BCUT2D eigenvalue weighted by molar-refractivity contribution is -0.691. The third-order valence-corrected chi connectivity index (χ3v) is 5.73. The molecule has 1 heterocycles. The standard InChI is InChI=1S/C21H24FN3O3/c22-17-10-16-19(11-18(17)23-14-6-2-1-3-7-14)25(15-8-4-5-9-15)13-24(21(16)28)12-20(26)27/h4,8,10-11,13-15H,1-3,5-7,9,12H2,(H-,23,26,27,28)/p+1. The van der Waals surface area contributed by atoms with Gasteiger partial charge >= 0.3 is 11.5 Å². The van der Waals surface area contributed by atoms with Crippen molar-refractivity contribution in [1.82, 2.24) is 4.57 Å². The molecular formula is C21H25FN3O3+. The Kier molecular flexibility index (Phi) is 5.15. The summed E-state index contributed by atoms with van der Waals surface area (Å²) < 4.78 is 17.8. The molecule has 1 atom stereocenters. The number of carboxylic acids is 1. The topological polar surface area (TPSA) is 75.2 Å². The molecular weight excluding hydrogens is 361 g/mol. The van der Waals surface area contributed by atoms with Crippen LogP contribution in [0.15, 0.2) is 35.4 Å². The van der Waals surface area contributed by atoms with E-state index in [9.17, 15) is 14.0 Å². The lowest BCUT2D eigenvalue weighted by Crippen LogP contribution is -2.44. The maximum atomic E-state index is 14.8. The zero-order valence-electron chi connectivity index (χ0n) is 15.7. The SMILES string of the molecule is O=C(O)Cn1c[n+](C2C=CCC2)c2cc(NC3CCCCC3)c(F)cc2c1=O. The smallest absolute Gasteiger partial charge is 0.346 e. The van der Waals surface area contributed by atoms with Crippen molar-refractivity contribution in [2.45, 2.75) is 63.6 Å². The lowest BCUT2D eigenvalue weighted by atomic mass is 9.95. The second-order valence-electron chi connectivity index (χ2n) is 7.75. The molecule has 4 rings (SSSR count). The second-order valence-corrected chi connectivity index (χ2v) is 7.75. The van der Waals surface area contributed by atoms with E-state index >= 15 is 0 Å². The van der Waals surface area contributed by atoms with Crippen LogP contribution in [0.3, 0.4) is 0 Å². The summed E-state index contributed by atoms with van der Waals surface area (Å²) in [5, 5.41) is 12.7. The molecule has 2 N–H and O–H groups in total. The number of halogens is 1. The third kappa shape index (κ3) is 3.66. The predicted molar refractivity (Wildman–Crippen MR) is 104 cm³/mol. The van der Waals surface area contributed by atoms with Crippen LogP contribution in [0.4, 0.5) is 10.1 Å². The molecule has 0 aliphatic heterocycles. The first kappa shape index (κ1) is 18.7. The van der Waals surface area contributed by atoms with Gasteiger partial charge in [-0.3, -0.25) is 0 Å². The zero-order valence-corrected chi connectivity index (χ0v) is 15.7. The molecule has 2 aliphatic rings. The number of rotatable bonds is 5. The van der Waals surface area contributed by atoms with E-state index in [1.807, 2.05) is 10.6 Å². The highest BCUT2D eigenvalue weighted by Crippen LogP contribution is 2.26. The van der Waals surface area contributed by atoms with E-state index in [1.54, 1.807) is 12.4 Å². The highest BCUT2D eigenvalue weighted by atomic mass is 19.1. The molecule has 28 heavy (non-hydrogen) atoms. The van der Waals surface area contributed by atoms with Crippen molar-refractivity contribution >= 4 is 22.6 Å². The van der Waals surface area contributed by atoms with Gasteiger partial charge in [-0.25, -0.2) is 18.5 Å². The van der Waals surface area contributed by atoms with Crippen LogP contribution in [-0.2, 0) is 11.3 Å². The Morgan fingerprint density at radius 3 is 2.71 bits per heavy atom. The summed E-state index contributed by atoms with van der Waals surface area (Å²) in [5.41, 5.74) is 0.548. The van der Waals surface area contributed by atoms with Crippen LogP contribution in [0.1, 0.15) is 51.0 Å². The number of aromatic nitrogens is 2. The summed E-state index contributed by atoms with van der Waals surface area (Å²) in [7, 11) is 0. The quantitative estimate of drug-likeness (QED) is 0.612. The number of hydrogen-bond acceptors (Lipinski definition) is 3. The van der Waals surface area contributed by atoms with Crippen molar-refractivity contribution in [1.29, 1.82) is 0 Å². The Bertz CT molecular complexity index is 993. The van der Waals surface area contributed by atoms with Gasteiger partial charge in [-0.05, 0) is 37.8 Å². The number of fused-ring (bicyclic) bond motifs is 1. The molecule has 1 unspecified atom stereocenters. The van der Waals surface area contributed by atoms with Gasteiger partial charge in [0.05, 0.1) is 5.69 Å². The van der Waals surface area contributed by atoms with Crippen molar-refractivity contribution in [3.05, 3.63) is 46.8 Å². The van der Waals surface area contributed by atoms with Gasteiger partial charge in [-0.2, -0.15) is 4.57 Å². The van der Waals surface area contributed by atoms with Gasteiger partial charge < -0.3 is 10.4 Å². The van der Waals surface area contributed by atoms with E-state index in [0.29, 0.717) is 11.2 Å². The first-order chi connectivity index (χ1) is 13.5.